The van der Waals surface area contributed by atoms with Crippen molar-refractivity contribution >= 4 is 0 Å². The van der Waals surface area contributed by atoms with Gasteiger partial charge in [-0.3, -0.25) is 0 Å². The van der Waals surface area contributed by atoms with E-state index in [1.807, 2.05) is 74.5 Å². The molecule has 0 aliphatic carbocycles. The molecular formula is C25H23NO5. The van der Waals surface area contributed by atoms with Crippen molar-refractivity contribution in [3.63, 3.8) is 0 Å². The molecule has 0 N–H and O–H groups in total. The van der Waals surface area contributed by atoms with Gasteiger partial charge in [0, 0.05) is 5.56 Å². The molecule has 6 heteroatoms. The van der Waals surface area contributed by atoms with Gasteiger partial charge in [-0.25, -0.2) is 4.98 Å². The topological polar surface area (TPSA) is 63.0 Å². The van der Waals surface area contributed by atoms with Crippen LogP contribution in [0.5, 0.6) is 0 Å². The number of ether oxygens (including phenoxy) is 4. The second-order valence-corrected chi connectivity index (χ2v) is 7.98. The number of hydrogen-bond donors (Lipinski definition) is 0. The van der Waals surface area contributed by atoms with Crippen LogP contribution in [-0.4, -0.2) is 29.3 Å². The molecule has 2 fully saturated rings. The van der Waals surface area contributed by atoms with Gasteiger partial charge in [0.15, 0.2) is 12.1 Å². The van der Waals surface area contributed by atoms with E-state index in [-0.39, 0.29) is 6.10 Å². The third-order valence-electron chi connectivity index (χ3n) is 5.18. The number of aromatic nitrogens is 1. The number of benzene rings is 2. The van der Waals surface area contributed by atoms with Crippen molar-refractivity contribution in [1.29, 1.82) is 0 Å². The van der Waals surface area contributed by atoms with E-state index in [9.17, 15) is 0 Å². The minimum atomic E-state index is -0.731. The molecule has 2 aromatic carbocycles. The third kappa shape index (κ3) is 4.41. The number of hydrogen-bond acceptors (Lipinski definition) is 6. The minimum absolute atomic E-state index is 0.323. The van der Waals surface area contributed by atoms with Crippen LogP contribution in [0.3, 0.4) is 0 Å². The third-order valence-corrected chi connectivity index (χ3v) is 5.18. The summed E-state index contributed by atoms with van der Waals surface area (Å²) in [6, 6.07) is 19.7. The minimum Gasteiger partial charge on any atom is -0.438 e. The Morgan fingerprint density at radius 3 is 2.48 bits per heavy atom. The van der Waals surface area contributed by atoms with Crippen molar-refractivity contribution in [2.75, 3.05) is 0 Å². The smallest absolute Gasteiger partial charge is 0.273 e. The van der Waals surface area contributed by atoms with Crippen molar-refractivity contribution in [3.8, 4) is 11.8 Å². The summed E-state index contributed by atoms with van der Waals surface area (Å²) in [5, 5.41) is 0. The van der Waals surface area contributed by atoms with Gasteiger partial charge in [0.2, 0.25) is 0 Å². The van der Waals surface area contributed by atoms with Crippen LogP contribution in [0.15, 0.2) is 71.3 Å². The van der Waals surface area contributed by atoms with E-state index in [4.69, 9.17) is 23.4 Å². The van der Waals surface area contributed by atoms with Gasteiger partial charge >= 0.3 is 0 Å². The van der Waals surface area contributed by atoms with Crippen molar-refractivity contribution in [2.45, 2.75) is 50.8 Å². The van der Waals surface area contributed by atoms with Crippen LogP contribution in [0.4, 0.5) is 0 Å². The van der Waals surface area contributed by atoms with Crippen LogP contribution in [0.2, 0.25) is 0 Å². The Kier molecular flexibility index (Phi) is 5.34. The maximum Gasteiger partial charge on any atom is 0.273 e. The fourth-order valence-electron chi connectivity index (χ4n) is 3.79. The molecule has 3 heterocycles. The zero-order valence-corrected chi connectivity index (χ0v) is 17.4. The van der Waals surface area contributed by atoms with Gasteiger partial charge < -0.3 is 23.4 Å². The van der Waals surface area contributed by atoms with E-state index in [0.29, 0.717) is 18.2 Å². The summed E-state index contributed by atoms with van der Waals surface area (Å²) < 4.78 is 30.0. The van der Waals surface area contributed by atoms with E-state index < -0.39 is 24.3 Å². The average molecular weight is 417 g/mol. The largest absolute Gasteiger partial charge is 0.438 e. The van der Waals surface area contributed by atoms with Crippen LogP contribution in [0.25, 0.3) is 0 Å². The lowest BCUT2D eigenvalue weighted by molar-refractivity contribution is -0.220. The first kappa shape index (κ1) is 20.0. The van der Waals surface area contributed by atoms with Gasteiger partial charge in [0.25, 0.3) is 5.89 Å². The number of nitrogens with zero attached hydrogens (tertiary/aromatic N) is 1. The summed E-state index contributed by atoms with van der Waals surface area (Å²) in [6.45, 7) is 4.16. The molecule has 0 amide bonds. The Bertz CT molecular complexity index is 1080. The fraction of sp³-hybridized carbons (Fsp3) is 0.320. The van der Waals surface area contributed by atoms with Gasteiger partial charge in [-0.1, -0.05) is 54.5 Å². The van der Waals surface area contributed by atoms with Crippen molar-refractivity contribution < 1.29 is 23.4 Å². The molecule has 0 saturated carbocycles. The summed E-state index contributed by atoms with van der Waals surface area (Å²) in [5.74, 6) is 5.59. The quantitative estimate of drug-likeness (QED) is 0.593. The maximum absolute atomic E-state index is 6.25. The number of fused-ring (bicyclic) bond motifs is 1. The van der Waals surface area contributed by atoms with Gasteiger partial charge in [0.1, 0.15) is 30.3 Å². The van der Waals surface area contributed by atoms with Gasteiger partial charge in [-0.15, -0.1) is 0 Å². The predicted molar refractivity (Wildman–Crippen MR) is 112 cm³/mol. The summed E-state index contributed by atoms with van der Waals surface area (Å²) in [4.78, 5) is 4.52. The molecule has 5 rings (SSSR count). The summed E-state index contributed by atoms with van der Waals surface area (Å²) in [5.41, 5.74) is 2.56. The highest BCUT2D eigenvalue weighted by atomic mass is 16.8. The Labute approximate surface area is 181 Å². The second-order valence-electron chi connectivity index (χ2n) is 7.98. The lowest BCUT2D eigenvalue weighted by Gasteiger charge is -2.25. The predicted octanol–water partition coefficient (Wildman–Crippen LogP) is 4.21. The van der Waals surface area contributed by atoms with E-state index in [0.717, 1.165) is 11.1 Å². The Morgan fingerprint density at radius 1 is 0.968 bits per heavy atom. The molecule has 3 aromatic rings. The molecule has 2 aliphatic rings. The van der Waals surface area contributed by atoms with Crippen LogP contribution >= 0.6 is 0 Å². The van der Waals surface area contributed by atoms with Gasteiger partial charge in [-0.05, 0) is 37.5 Å². The fourth-order valence-corrected chi connectivity index (χ4v) is 3.79. The lowest BCUT2D eigenvalue weighted by Crippen LogP contribution is -2.33. The zero-order valence-electron chi connectivity index (χ0n) is 17.4. The van der Waals surface area contributed by atoms with Crippen molar-refractivity contribution in [3.05, 3.63) is 89.6 Å². The summed E-state index contributed by atoms with van der Waals surface area (Å²) in [6.07, 6.45) is -0.210. The molecule has 158 valence electrons. The molecule has 2 saturated heterocycles. The van der Waals surface area contributed by atoms with Crippen LogP contribution in [-0.2, 0) is 25.6 Å². The highest BCUT2D eigenvalue weighted by Crippen LogP contribution is 2.44. The lowest BCUT2D eigenvalue weighted by atomic mass is 10.1. The van der Waals surface area contributed by atoms with E-state index >= 15 is 0 Å². The SMILES string of the molecule is CC1(C)O[C@H]2O[C@H](c3coc(C#Cc4ccccc4)n3)[C@@H](OCc3ccccc3)[C@H]2O1. The molecule has 1 aromatic heterocycles. The molecule has 0 bridgehead atoms. The highest BCUT2D eigenvalue weighted by Gasteiger charge is 2.56. The monoisotopic (exact) mass is 417 g/mol. The standard InChI is InChI=1S/C25H23NO5/c1-25(2)30-23-22(28-15-18-11-7-4-8-12-18)21(29-24(23)31-25)19-16-27-20(26-19)14-13-17-9-5-3-6-10-17/h3-12,16,21-24H,15H2,1-2H3/t21-,22-,23-,24-/m1/s1. The summed E-state index contributed by atoms with van der Waals surface area (Å²) >= 11 is 0. The van der Waals surface area contributed by atoms with Crippen molar-refractivity contribution in [1.82, 2.24) is 4.98 Å². The molecule has 2 aliphatic heterocycles. The molecule has 4 atom stereocenters. The maximum atomic E-state index is 6.25. The highest BCUT2D eigenvalue weighted by molar-refractivity contribution is 5.37. The second kappa shape index (κ2) is 8.29. The molecular weight excluding hydrogens is 394 g/mol. The van der Waals surface area contributed by atoms with Crippen LogP contribution < -0.4 is 0 Å². The molecule has 31 heavy (non-hydrogen) atoms. The molecule has 0 radical (unpaired) electrons. The summed E-state index contributed by atoms with van der Waals surface area (Å²) in [7, 11) is 0. The van der Waals surface area contributed by atoms with Gasteiger partial charge in [-0.2, -0.15) is 0 Å². The first-order chi connectivity index (χ1) is 15.1. The van der Waals surface area contributed by atoms with Crippen molar-refractivity contribution in [2.24, 2.45) is 0 Å². The molecule has 0 unspecified atom stereocenters. The van der Waals surface area contributed by atoms with E-state index in [2.05, 4.69) is 16.8 Å². The van der Waals surface area contributed by atoms with E-state index in [1.165, 1.54) is 0 Å². The first-order valence-electron chi connectivity index (χ1n) is 10.3. The molecule has 0 spiro atoms. The average Bonchev–Trinajstić information content (AvgIpc) is 3.44. The van der Waals surface area contributed by atoms with Crippen LogP contribution in [0.1, 0.15) is 42.7 Å². The van der Waals surface area contributed by atoms with Gasteiger partial charge in [0.05, 0.1) is 6.61 Å². The van der Waals surface area contributed by atoms with Crippen LogP contribution in [0, 0.1) is 11.8 Å². The zero-order chi connectivity index (χ0) is 21.3. The number of rotatable bonds is 4. The normalized spacial score (nSPS) is 26.3. The Balaban J connectivity index is 1.36. The Morgan fingerprint density at radius 2 is 1.71 bits per heavy atom. The first-order valence-corrected chi connectivity index (χ1v) is 10.3. The number of oxazole rings is 1. The Hall–Kier alpha value is -2.95. The van der Waals surface area contributed by atoms with E-state index in [1.54, 1.807) is 6.26 Å². The molecule has 6 nitrogen and oxygen atoms in total.